The van der Waals surface area contributed by atoms with Crippen LogP contribution in [-0.2, 0) is 9.53 Å². The van der Waals surface area contributed by atoms with Crippen molar-refractivity contribution in [3.8, 4) is 5.00 Å². The van der Waals surface area contributed by atoms with E-state index < -0.39 is 5.97 Å². The molecule has 0 spiro atoms. The Kier molecular flexibility index (Phi) is 5.74. The van der Waals surface area contributed by atoms with E-state index in [9.17, 15) is 9.59 Å². The highest BCUT2D eigenvalue weighted by Crippen LogP contribution is 2.33. The smallest absolute Gasteiger partial charge is 0.341 e. The van der Waals surface area contributed by atoms with E-state index >= 15 is 0 Å². The summed E-state index contributed by atoms with van der Waals surface area (Å²) >= 11 is 1.55. The number of ether oxygens (including phenoxy) is 1. The SMILES string of the molecule is Cc1sc(-n2c(C)ccc2C)c(C(=O)OCC(=O)N[C@@H](C)c2ccco2)c1C. The van der Waals surface area contributed by atoms with Crippen molar-refractivity contribution in [3.63, 3.8) is 0 Å². The summed E-state index contributed by atoms with van der Waals surface area (Å²) < 4.78 is 12.6. The lowest BCUT2D eigenvalue weighted by atomic mass is 10.1. The molecule has 3 heterocycles. The molecule has 1 atom stereocenters. The van der Waals surface area contributed by atoms with Gasteiger partial charge < -0.3 is 19.0 Å². The number of furan rings is 1. The van der Waals surface area contributed by atoms with E-state index in [2.05, 4.69) is 5.32 Å². The molecule has 0 saturated carbocycles. The summed E-state index contributed by atoms with van der Waals surface area (Å²) in [5.74, 6) is -0.230. The summed E-state index contributed by atoms with van der Waals surface area (Å²) in [6, 6.07) is 7.26. The van der Waals surface area contributed by atoms with Crippen LogP contribution >= 0.6 is 11.3 Å². The van der Waals surface area contributed by atoms with E-state index in [0.29, 0.717) is 11.3 Å². The molecular formula is C21H24N2O4S. The fraction of sp³-hybridized carbons (Fsp3) is 0.333. The third-order valence-electron chi connectivity index (χ3n) is 4.73. The predicted molar refractivity (Wildman–Crippen MR) is 108 cm³/mol. The summed E-state index contributed by atoms with van der Waals surface area (Å²) in [6.45, 7) is 9.33. The Morgan fingerprint density at radius 3 is 2.46 bits per heavy atom. The number of nitrogens with one attached hydrogen (secondary N) is 1. The molecule has 0 unspecified atom stereocenters. The van der Waals surface area contributed by atoms with Crippen molar-refractivity contribution >= 4 is 23.2 Å². The molecule has 0 aliphatic heterocycles. The van der Waals surface area contributed by atoms with Gasteiger partial charge in [-0.25, -0.2) is 4.79 Å². The van der Waals surface area contributed by atoms with E-state index in [0.717, 1.165) is 26.8 Å². The first-order valence-electron chi connectivity index (χ1n) is 9.04. The number of rotatable bonds is 6. The number of aryl methyl sites for hydroxylation is 3. The van der Waals surface area contributed by atoms with E-state index in [1.807, 2.05) is 44.4 Å². The lowest BCUT2D eigenvalue weighted by molar-refractivity contribution is -0.125. The molecule has 0 fully saturated rings. The van der Waals surface area contributed by atoms with Crippen LogP contribution in [0.3, 0.4) is 0 Å². The second-order valence-electron chi connectivity index (χ2n) is 6.80. The highest BCUT2D eigenvalue weighted by atomic mass is 32.1. The summed E-state index contributed by atoms with van der Waals surface area (Å²) in [5.41, 5.74) is 3.47. The Balaban J connectivity index is 1.74. The van der Waals surface area contributed by atoms with Crippen LogP contribution in [0.1, 0.15) is 50.9 Å². The lowest BCUT2D eigenvalue weighted by Crippen LogP contribution is -2.31. The minimum Gasteiger partial charge on any atom is -0.467 e. The molecule has 0 saturated heterocycles. The molecule has 28 heavy (non-hydrogen) atoms. The number of thiophene rings is 1. The fourth-order valence-corrected chi connectivity index (χ4v) is 4.35. The number of nitrogens with zero attached hydrogens (tertiary/aromatic N) is 1. The Morgan fingerprint density at radius 1 is 1.18 bits per heavy atom. The molecule has 3 aromatic rings. The van der Waals surface area contributed by atoms with Gasteiger partial charge in [0.05, 0.1) is 17.9 Å². The van der Waals surface area contributed by atoms with Crippen LogP contribution in [0, 0.1) is 27.7 Å². The number of hydrogen-bond acceptors (Lipinski definition) is 5. The van der Waals surface area contributed by atoms with Crippen molar-refractivity contribution in [2.45, 2.75) is 40.7 Å². The van der Waals surface area contributed by atoms with E-state index in [1.165, 1.54) is 0 Å². The largest absolute Gasteiger partial charge is 0.467 e. The Hall–Kier alpha value is -2.80. The topological polar surface area (TPSA) is 73.5 Å². The molecule has 7 heteroatoms. The molecule has 0 aromatic carbocycles. The number of esters is 1. The Morgan fingerprint density at radius 2 is 1.86 bits per heavy atom. The highest BCUT2D eigenvalue weighted by Gasteiger charge is 2.24. The summed E-state index contributed by atoms with van der Waals surface area (Å²) in [5, 5.41) is 3.58. The number of carbonyl (C=O) groups excluding carboxylic acids is 2. The van der Waals surface area contributed by atoms with Gasteiger partial charge in [-0.05, 0) is 64.4 Å². The average Bonchev–Trinajstić information content (AvgIpc) is 3.35. The molecule has 0 bridgehead atoms. The number of aromatic nitrogens is 1. The van der Waals surface area contributed by atoms with Crippen LogP contribution in [-0.4, -0.2) is 23.1 Å². The van der Waals surface area contributed by atoms with Gasteiger partial charge in [-0.15, -0.1) is 11.3 Å². The maximum Gasteiger partial charge on any atom is 0.341 e. The van der Waals surface area contributed by atoms with E-state index in [1.54, 1.807) is 36.7 Å². The van der Waals surface area contributed by atoms with Crippen LogP contribution in [0.4, 0.5) is 0 Å². The van der Waals surface area contributed by atoms with Crippen molar-refractivity contribution in [1.82, 2.24) is 9.88 Å². The van der Waals surface area contributed by atoms with Gasteiger partial charge in [0.15, 0.2) is 6.61 Å². The van der Waals surface area contributed by atoms with Gasteiger partial charge >= 0.3 is 5.97 Å². The lowest BCUT2D eigenvalue weighted by Gasteiger charge is -2.13. The first-order chi connectivity index (χ1) is 13.3. The average molecular weight is 401 g/mol. The molecule has 6 nitrogen and oxygen atoms in total. The van der Waals surface area contributed by atoms with Crippen LogP contribution in [0.5, 0.6) is 0 Å². The standard InChI is InChI=1S/C21H24N2O4S/c1-12-8-9-13(2)23(12)20-19(14(3)16(5)28-20)21(25)27-11-18(24)22-15(4)17-7-6-10-26-17/h6-10,15H,11H2,1-5H3,(H,22,24)/t15-/m0/s1. The van der Waals surface area contributed by atoms with Crippen LogP contribution in [0.15, 0.2) is 34.9 Å². The van der Waals surface area contributed by atoms with Crippen molar-refractivity contribution < 1.29 is 18.7 Å². The third kappa shape index (κ3) is 3.89. The first-order valence-corrected chi connectivity index (χ1v) is 9.86. The van der Waals surface area contributed by atoms with Gasteiger partial charge in [0.2, 0.25) is 0 Å². The van der Waals surface area contributed by atoms with Gasteiger partial charge in [0.1, 0.15) is 10.8 Å². The van der Waals surface area contributed by atoms with Gasteiger partial charge in [-0.2, -0.15) is 0 Å². The zero-order chi connectivity index (χ0) is 20.4. The molecule has 3 aromatic heterocycles. The Labute approximate surface area is 168 Å². The third-order valence-corrected chi connectivity index (χ3v) is 5.92. The summed E-state index contributed by atoms with van der Waals surface area (Å²) in [7, 11) is 0. The normalized spacial score (nSPS) is 12.0. The molecule has 0 aliphatic carbocycles. The quantitative estimate of drug-likeness (QED) is 0.623. The molecule has 0 aliphatic rings. The van der Waals surface area contributed by atoms with Crippen molar-refractivity contribution in [1.29, 1.82) is 0 Å². The van der Waals surface area contributed by atoms with Gasteiger partial charge in [0, 0.05) is 16.3 Å². The van der Waals surface area contributed by atoms with Gasteiger partial charge in [-0.1, -0.05) is 0 Å². The minimum atomic E-state index is -0.495. The first kappa shape index (κ1) is 19.9. The summed E-state index contributed by atoms with van der Waals surface area (Å²) in [6.07, 6.45) is 1.55. The number of carbonyl (C=O) groups is 2. The molecular weight excluding hydrogens is 376 g/mol. The Bertz CT molecular complexity index is 979. The predicted octanol–water partition coefficient (Wildman–Crippen LogP) is 4.40. The van der Waals surface area contributed by atoms with E-state index in [-0.39, 0.29) is 18.6 Å². The second kappa shape index (κ2) is 8.06. The molecule has 148 valence electrons. The zero-order valence-corrected chi connectivity index (χ0v) is 17.5. The second-order valence-corrected chi connectivity index (χ2v) is 8.00. The zero-order valence-electron chi connectivity index (χ0n) is 16.7. The van der Waals surface area contributed by atoms with Crippen LogP contribution < -0.4 is 5.32 Å². The number of amides is 1. The fourth-order valence-electron chi connectivity index (χ4n) is 3.09. The van der Waals surface area contributed by atoms with Crippen molar-refractivity contribution in [2.24, 2.45) is 0 Å². The van der Waals surface area contributed by atoms with Crippen LogP contribution in [0.25, 0.3) is 5.00 Å². The summed E-state index contributed by atoms with van der Waals surface area (Å²) in [4.78, 5) is 26.0. The molecule has 1 amide bonds. The highest BCUT2D eigenvalue weighted by molar-refractivity contribution is 7.15. The monoisotopic (exact) mass is 400 g/mol. The molecule has 3 rings (SSSR count). The molecule has 0 radical (unpaired) electrons. The maximum absolute atomic E-state index is 12.8. The van der Waals surface area contributed by atoms with Crippen molar-refractivity contribution in [2.75, 3.05) is 6.61 Å². The van der Waals surface area contributed by atoms with E-state index in [4.69, 9.17) is 9.15 Å². The minimum absolute atomic E-state index is 0.299. The molecule has 1 N–H and O–H groups in total. The van der Waals surface area contributed by atoms with Gasteiger partial charge in [-0.3, -0.25) is 4.79 Å². The number of hydrogen-bond donors (Lipinski definition) is 1. The van der Waals surface area contributed by atoms with Crippen molar-refractivity contribution in [3.05, 3.63) is 63.7 Å². The maximum atomic E-state index is 12.8. The van der Waals surface area contributed by atoms with Crippen LogP contribution in [0.2, 0.25) is 0 Å². The van der Waals surface area contributed by atoms with Gasteiger partial charge in [0.25, 0.3) is 5.91 Å².